The summed E-state index contributed by atoms with van der Waals surface area (Å²) >= 11 is 4.83. The highest BCUT2D eigenvalue weighted by Crippen LogP contribution is 1.88. The molecule has 4 nitrogen and oxygen atoms in total. The first kappa shape index (κ1) is 13.4. The monoisotopic (exact) mass is 226 g/mol. The van der Waals surface area contributed by atoms with Gasteiger partial charge in [-0.25, -0.2) is 4.79 Å². The third kappa shape index (κ3) is 7.45. The van der Waals surface area contributed by atoms with Crippen molar-refractivity contribution in [2.45, 2.75) is 6.92 Å². The maximum absolute atomic E-state index is 10.9. The fraction of sp³-hybridized carbons (Fsp3) is 0.200. The van der Waals surface area contributed by atoms with E-state index >= 15 is 0 Å². The summed E-state index contributed by atoms with van der Waals surface area (Å²) in [4.78, 5) is 10.9. The summed E-state index contributed by atoms with van der Waals surface area (Å²) in [6, 6.07) is 0. The number of carbonyl (C=O) groups is 1. The van der Waals surface area contributed by atoms with Crippen LogP contribution in [-0.4, -0.2) is 17.8 Å². The largest absolute Gasteiger partial charge is 0.450 e. The van der Waals surface area contributed by atoms with Crippen LogP contribution in [0.4, 0.5) is 4.79 Å². The van der Waals surface area contributed by atoms with Gasteiger partial charge in [-0.15, -0.1) is 0 Å². The zero-order valence-corrected chi connectivity index (χ0v) is 9.39. The summed E-state index contributed by atoms with van der Waals surface area (Å²) in [7, 11) is 0. The Morgan fingerprint density at radius 3 is 2.73 bits per heavy atom. The molecule has 0 aliphatic rings. The van der Waals surface area contributed by atoms with E-state index in [0.717, 1.165) is 0 Å². The van der Waals surface area contributed by atoms with Crippen LogP contribution in [0.15, 0.2) is 37.1 Å². The molecule has 0 unspecified atom stereocenters. The van der Waals surface area contributed by atoms with Crippen LogP contribution in [0.1, 0.15) is 6.92 Å². The van der Waals surface area contributed by atoms with Gasteiger partial charge < -0.3 is 10.1 Å². The Bertz CT molecular complexity index is 298. The number of rotatable bonds is 4. The molecular weight excluding hydrogens is 212 g/mol. The van der Waals surface area contributed by atoms with Crippen LogP contribution >= 0.6 is 12.2 Å². The molecule has 0 aromatic heterocycles. The van der Waals surface area contributed by atoms with E-state index in [9.17, 15) is 4.79 Å². The lowest BCUT2D eigenvalue weighted by molar-refractivity contribution is 0.158. The van der Waals surface area contributed by atoms with Crippen molar-refractivity contribution in [1.29, 1.82) is 0 Å². The average Bonchev–Trinajstić information content (AvgIpc) is 2.14. The second-order valence-electron chi connectivity index (χ2n) is 2.42. The molecule has 0 aliphatic carbocycles. The molecule has 0 rings (SSSR count). The Morgan fingerprint density at radius 1 is 1.53 bits per heavy atom. The van der Waals surface area contributed by atoms with Crippen molar-refractivity contribution in [3.63, 3.8) is 0 Å². The number of allylic oxidation sites excluding steroid dienone is 3. The minimum Gasteiger partial charge on any atom is -0.450 e. The molecule has 82 valence electrons. The summed E-state index contributed by atoms with van der Waals surface area (Å²) in [5.41, 5.74) is 0.552. The number of ether oxygens (including phenoxy) is 1. The lowest BCUT2D eigenvalue weighted by Gasteiger charge is -2.08. The van der Waals surface area contributed by atoms with Crippen LogP contribution in [0.3, 0.4) is 0 Å². The Balaban J connectivity index is 3.93. The van der Waals surface area contributed by atoms with Crippen LogP contribution in [0.5, 0.6) is 0 Å². The maximum atomic E-state index is 10.9. The predicted octanol–water partition coefficient (Wildman–Crippen LogP) is 1.86. The van der Waals surface area contributed by atoms with Gasteiger partial charge in [0.25, 0.3) is 0 Å². The first-order valence-electron chi connectivity index (χ1n) is 4.33. The van der Waals surface area contributed by atoms with Crippen molar-refractivity contribution >= 4 is 23.4 Å². The van der Waals surface area contributed by atoms with Crippen LogP contribution in [0.2, 0.25) is 0 Å². The smallest absolute Gasteiger partial charge is 0.413 e. The lowest BCUT2D eigenvalue weighted by atomic mass is 10.4. The topological polar surface area (TPSA) is 50.4 Å². The molecule has 0 saturated carbocycles. The quantitative estimate of drug-likeness (QED) is 0.567. The highest BCUT2D eigenvalue weighted by atomic mass is 32.1. The van der Waals surface area contributed by atoms with Crippen molar-refractivity contribution < 1.29 is 9.53 Å². The van der Waals surface area contributed by atoms with E-state index in [1.807, 2.05) is 0 Å². The summed E-state index contributed by atoms with van der Waals surface area (Å²) in [5, 5.41) is 5.17. The number of carbonyl (C=O) groups excluding carboxylic acids is 1. The first-order chi connectivity index (χ1) is 7.10. The van der Waals surface area contributed by atoms with E-state index in [4.69, 9.17) is 12.2 Å². The summed E-state index contributed by atoms with van der Waals surface area (Å²) < 4.78 is 4.63. The van der Waals surface area contributed by atoms with E-state index in [0.29, 0.717) is 12.3 Å². The minimum absolute atomic E-state index is 0.146. The Labute approximate surface area is 94.7 Å². The van der Waals surface area contributed by atoms with Crippen molar-refractivity contribution in [2.24, 2.45) is 0 Å². The van der Waals surface area contributed by atoms with Gasteiger partial charge in [-0.2, -0.15) is 0 Å². The number of thiocarbonyl (C=S) groups is 1. The standard InChI is InChI=1S/C10H14N2O2S/c1-4-6-7-8(3)11-9(15)12-10(13)14-5-2/h4,6-7H,1,3,5H2,2H3,(H2,11,12,13,15)/b7-6-. The second-order valence-corrected chi connectivity index (χ2v) is 2.83. The van der Waals surface area contributed by atoms with Crippen LogP contribution in [-0.2, 0) is 4.74 Å². The average molecular weight is 226 g/mol. The van der Waals surface area contributed by atoms with Gasteiger partial charge in [-0.3, -0.25) is 5.32 Å². The Morgan fingerprint density at radius 2 is 2.20 bits per heavy atom. The van der Waals surface area contributed by atoms with Crippen molar-refractivity contribution in [3.8, 4) is 0 Å². The van der Waals surface area contributed by atoms with Gasteiger partial charge in [-0.1, -0.05) is 25.3 Å². The van der Waals surface area contributed by atoms with Gasteiger partial charge in [0.15, 0.2) is 5.11 Å². The molecule has 0 aliphatic heterocycles. The number of amides is 1. The molecule has 5 heteroatoms. The van der Waals surface area contributed by atoms with E-state index < -0.39 is 6.09 Å². The zero-order chi connectivity index (χ0) is 11.7. The highest BCUT2D eigenvalue weighted by molar-refractivity contribution is 7.80. The summed E-state index contributed by atoms with van der Waals surface area (Å²) in [5.74, 6) is 0. The van der Waals surface area contributed by atoms with E-state index in [1.54, 1.807) is 25.2 Å². The summed E-state index contributed by atoms with van der Waals surface area (Å²) in [6.45, 7) is 9.17. The second kappa shape index (κ2) is 7.75. The van der Waals surface area contributed by atoms with Crippen LogP contribution < -0.4 is 10.6 Å². The molecular formula is C10H14N2O2S. The molecule has 15 heavy (non-hydrogen) atoms. The van der Waals surface area contributed by atoms with Crippen molar-refractivity contribution in [3.05, 3.63) is 37.1 Å². The van der Waals surface area contributed by atoms with Gasteiger partial charge in [0.05, 0.1) is 6.61 Å². The normalized spacial score (nSPS) is 9.40. The van der Waals surface area contributed by atoms with E-state index in [-0.39, 0.29) is 5.11 Å². The first-order valence-corrected chi connectivity index (χ1v) is 4.73. The highest BCUT2D eigenvalue weighted by Gasteiger charge is 2.03. The third-order valence-corrected chi connectivity index (χ3v) is 1.40. The van der Waals surface area contributed by atoms with Gasteiger partial charge >= 0.3 is 6.09 Å². The Hall–Kier alpha value is -1.62. The fourth-order valence-electron chi connectivity index (χ4n) is 0.663. The van der Waals surface area contributed by atoms with Gasteiger partial charge in [0, 0.05) is 5.70 Å². The zero-order valence-electron chi connectivity index (χ0n) is 8.58. The van der Waals surface area contributed by atoms with Crippen molar-refractivity contribution in [2.75, 3.05) is 6.61 Å². The molecule has 0 aromatic rings. The predicted molar refractivity (Wildman–Crippen MR) is 64.4 cm³/mol. The molecule has 0 spiro atoms. The lowest BCUT2D eigenvalue weighted by Crippen LogP contribution is -2.38. The molecule has 1 amide bonds. The molecule has 0 radical (unpaired) electrons. The van der Waals surface area contributed by atoms with E-state index in [1.165, 1.54) is 0 Å². The van der Waals surface area contributed by atoms with Crippen LogP contribution in [0, 0.1) is 0 Å². The van der Waals surface area contributed by atoms with Crippen molar-refractivity contribution in [1.82, 2.24) is 10.6 Å². The minimum atomic E-state index is -0.587. The Kier molecular flexibility index (Phi) is 6.92. The molecule has 0 bridgehead atoms. The molecule has 0 heterocycles. The number of nitrogens with one attached hydrogen (secondary N) is 2. The number of hydrogen-bond acceptors (Lipinski definition) is 3. The molecule has 0 fully saturated rings. The fourth-order valence-corrected chi connectivity index (χ4v) is 0.877. The summed E-state index contributed by atoms with van der Waals surface area (Å²) in [6.07, 6.45) is 4.39. The van der Waals surface area contributed by atoms with Gasteiger partial charge in [0.2, 0.25) is 0 Å². The molecule has 2 N–H and O–H groups in total. The number of hydrogen-bond donors (Lipinski definition) is 2. The number of alkyl carbamates (subject to hydrolysis) is 1. The SMILES string of the molecule is C=C/C=C\C(=C)NC(=S)NC(=O)OCC. The molecule has 0 saturated heterocycles. The third-order valence-electron chi connectivity index (χ3n) is 1.20. The van der Waals surface area contributed by atoms with Gasteiger partial charge in [0.1, 0.15) is 0 Å². The van der Waals surface area contributed by atoms with Crippen LogP contribution in [0.25, 0.3) is 0 Å². The van der Waals surface area contributed by atoms with Gasteiger partial charge in [-0.05, 0) is 25.2 Å². The molecule has 0 aromatic carbocycles. The van der Waals surface area contributed by atoms with E-state index in [2.05, 4.69) is 28.5 Å². The molecule has 0 atom stereocenters. The maximum Gasteiger partial charge on any atom is 0.413 e.